The zero-order valence-electron chi connectivity index (χ0n) is 19.1. The predicted octanol–water partition coefficient (Wildman–Crippen LogP) is 2.65. The third kappa shape index (κ3) is 4.35. The lowest BCUT2D eigenvalue weighted by molar-refractivity contribution is 0.0995. The van der Waals surface area contributed by atoms with Crippen molar-refractivity contribution >= 4 is 28.8 Å². The second-order valence-corrected chi connectivity index (χ2v) is 7.82. The Hall–Kier alpha value is -4.18. The number of methoxy groups -OCH3 is 1. The molecule has 176 valence electrons. The molecule has 0 radical (unpaired) electrons. The normalized spacial score (nSPS) is 12.0. The molecule has 0 aliphatic heterocycles. The predicted molar refractivity (Wildman–Crippen MR) is 127 cm³/mol. The zero-order chi connectivity index (χ0) is 24.4. The molecule has 2 heterocycles. The monoisotopic (exact) mass is 462 g/mol. The first-order chi connectivity index (χ1) is 16.3. The Morgan fingerprint density at radius 2 is 1.94 bits per heavy atom. The van der Waals surface area contributed by atoms with Crippen molar-refractivity contribution in [3.8, 4) is 5.75 Å². The standard InChI is InChI=1S/C24H26N6O4/c1-4-30-18(10-14(2)28-30)23(33)27-24-26-17-11-16(22(25)32)12-20(34-3)21(17)29(24)13-19(31)15-8-6-5-7-9-15/h5-12,19,31H,4,13H2,1-3H3,(H2,25,32)(H,26,27,33)/t19-/m0/s1. The quantitative estimate of drug-likeness (QED) is 0.368. The molecule has 4 rings (SSSR count). The van der Waals surface area contributed by atoms with E-state index in [1.807, 2.05) is 44.2 Å². The van der Waals surface area contributed by atoms with Crippen LogP contribution in [0.5, 0.6) is 5.75 Å². The van der Waals surface area contributed by atoms with Crippen molar-refractivity contribution in [1.82, 2.24) is 19.3 Å². The third-order valence-corrected chi connectivity index (χ3v) is 5.51. The van der Waals surface area contributed by atoms with Gasteiger partial charge in [-0.2, -0.15) is 5.10 Å². The molecule has 0 aliphatic carbocycles. The molecule has 2 aromatic heterocycles. The first-order valence-electron chi connectivity index (χ1n) is 10.8. The Labute approximate surface area is 196 Å². The summed E-state index contributed by atoms with van der Waals surface area (Å²) in [7, 11) is 1.46. The van der Waals surface area contributed by atoms with Gasteiger partial charge in [-0.3, -0.25) is 19.6 Å². The van der Waals surface area contributed by atoms with E-state index in [0.717, 1.165) is 0 Å². The Balaban J connectivity index is 1.82. The Bertz CT molecular complexity index is 1360. The topological polar surface area (TPSA) is 137 Å². The average molecular weight is 463 g/mol. The van der Waals surface area contributed by atoms with Gasteiger partial charge in [-0.05, 0) is 37.6 Å². The summed E-state index contributed by atoms with van der Waals surface area (Å²) < 4.78 is 8.77. The molecule has 0 unspecified atom stereocenters. The number of aromatic nitrogens is 4. The number of anilines is 1. The van der Waals surface area contributed by atoms with E-state index in [1.54, 1.807) is 15.3 Å². The van der Waals surface area contributed by atoms with Crippen LogP contribution in [0.25, 0.3) is 11.0 Å². The molecule has 0 spiro atoms. The number of nitrogens with two attached hydrogens (primary N) is 1. The van der Waals surface area contributed by atoms with Crippen LogP contribution in [-0.4, -0.2) is 43.4 Å². The highest BCUT2D eigenvalue weighted by atomic mass is 16.5. The fraction of sp³-hybridized carbons (Fsp3) is 0.250. The first kappa shape index (κ1) is 23.0. The average Bonchev–Trinajstić information content (AvgIpc) is 3.38. The number of carbonyl (C=O) groups is 2. The molecule has 2 aromatic carbocycles. The molecule has 34 heavy (non-hydrogen) atoms. The number of ether oxygens (including phenoxy) is 1. The van der Waals surface area contributed by atoms with E-state index >= 15 is 0 Å². The number of aryl methyl sites for hydroxylation is 2. The van der Waals surface area contributed by atoms with Crippen molar-refractivity contribution in [2.75, 3.05) is 12.4 Å². The molecule has 1 atom stereocenters. The van der Waals surface area contributed by atoms with Crippen LogP contribution in [0.4, 0.5) is 5.95 Å². The summed E-state index contributed by atoms with van der Waals surface area (Å²) in [6.07, 6.45) is -0.891. The molecule has 10 heteroatoms. The maximum atomic E-state index is 13.1. The minimum atomic E-state index is -0.891. The highest BCUT2D eigenvalue weighted by Crippen LogP contribution is 2.32. The maximum absolute atomic E-state index is 13.1. The number of imidazole rings is 1. The van der Waals surface area contributed by atoms with Crippen molar-refractivity contribution in [3.63, 3.8) is 0 Å². The number of hydrogen-bond donors (Lipinski definition) is 3. The maximum Gasteiger partial charge on any atom is 0.276 e. The van der Waals surface area contributed by atoms with Gasteiger partial charge in [-0.15, -0.1) is 0 Å². The van der Waals surface area contributed by atoms with Crippen molar-refractivity contribution < 1.29 is 19.4 Å². The Kier molecular flexibility index (Phi) is 6.33. The number of amides is 2. The molecule has 2 amide bonds. The molecule has 4 aromatic rings. The van der Waals surface area contributed by atoms with Crippen molar-refractivity contribution in [2.45, 2.75) is 33.0 Å². The van der Waals surface area contributed by atoms with Crippen molar-refractivity contribution in [2.24, 2.45) is 5.73 Å². The minimum Gasteiger partial charge on any atom is -0.494 e. The summed E-state index contributed by atoms with van der Waals surface area (Å²) in [4.78, 5) is 29.5. The molecular weight excluding hydrogens is 436 g/mol. The van der Waals surface area contributed by atoms with Crippen LogP contribution in [0.1, 0.15) is 45.1 Å². The number of benzene rings is 2. The minimum absolute atomic E-state index is 0.0778. The van der Waals surface area contributed by atoms with Crippen LogP contribution in [0.3, 0.4) is 0 Å². The number of nitrogens with zero attached hydrogens (tertiary/aromatic N) is 4. The highest BCUT2D eigenvalue weighted by molar-refractivity contribution is 6.04. The number of aliphatic hydroxyl groups is 1. The van der Waals surface area contributed by atoms with Crippen LogP contribution >= 0.6 is 0 Å². The number of fused-ring (bicyclic) bond motifs is 1. The van der Waals surface area contributed by atoms with E-state index in [-0.39, 0.29) is 18.1 Å². The summed E-state index contributed by atoms with van der Waals surface area (Å²) >= 11 is 0. The number of nitrogens with one attached hydrogen (secondary N) is 1. The van der Waals surface area contributed by atoms with E-state index in [2.05, 4.69) is 15.4 Å². The largest absolute Gasteiger partial charge is 0.494 e. The third-order valence-electron chi connectivity index (χ3n) is 5.51. The molecule has 0 saturated heterocycles. The number of rotatable bonds is 8. The van der Waals surface area contributed by atoms with Gasteiger partial charge in [0, 0.05) is 12.1 Å². The van der Waals surface area contributed by atoms with Gasteiger partial charge in [0.15, 0.2) is 0 Å². The fourth-order valence-corrected chi connectivity index (χ4v) is 3.89. The van der Waals surface area contributed by atoms with Crippen molar-refractivity contribution in [1.29, 1.82) is 0 Å². The van der Waals surface area contributed by atoms with Crippen LogP contribution in [0, 0.1) is 6.92 Å². The fourth-order valence-electron chi connectivity index (χ4n) is 3.89. The lowest BCUT2D eigenvalue weighted by Crippen LogP contribution is -2.21. The van der Waals surface area contributed by atoms with Crippen LogP contribution < -0.4 is 15.8 Å². The van der Waals surface area contributed by atoms with Gasteiger partial charge in [0.05, 0.1) is 31.0 Å². The molecular formula is C24H26N6O4. The molecule has 0 bridgehead atoms. The summed E-state index contributed by atoms with van der Waals surface area (Å²) in [5.41, 5.74) is 8.39. The number of primary amides is 1. The SMILES string of the molecule is CCn1nc(C)cc1C(=O)Nc1nc2cc(C(N)=O)cc(OC)c2n1C[C@H](O)c1ccccc1. The summed E-state index contributed by atoms with van der Waals surface area (Å²) in [5.74, 6) is -0.500. The van der Waals surface area contributed by atoms with Crippen LogP contribution in [-0.2, 0) is 13.1 Å². The summed E-state index contributed by atoms with van der Waals surface area (Å²) in [6, 6.07) is 13.9. The van der Waals surface area contributed by atoms with Gasteiger partial charge in [-0.1, -0.05) is 30.3 Å². The molecule has 10 nitrogen and oxygen atoms in total. The second kappa shape index (κ2) is 9.36. The molecule has 0 aliphatic rings. The highest BCUT2D eigenvalue weighted by Gasteiger charge is 2.23. The molecule has 4 N–H and O–H groups in total. The summed E-state index contributed by atoms with van der Waals surface area (Å²) in [5, 5.41) is 18.1. The van der Waals surface area contributed by atoms with E-state index < -0.39 is 17.9 Å². The smallest absolute Gasteiger partial charge is 0.276 e. The van der Waals surface area contributed by atoms with Crippen LogP contribution in [0.15, 0.2) is 48.5 Å². The summed E-state index contributed by atoms with van der Waals surface area (Å²) in [6.45, 7) is 4.31. The first-order valence-corrected chi connectivity index (χ1v) is 10.8. The van der Waals surface area contributed by atoms with Gasteiger partial charge in [-0.25, -0.2) is 4.98 Å². The molecule has 0 saturated carbocycles. The van der Waals surface area contributed by atoms with E-state index in [0.29, 0.717) is 40.3 Å². The Morgan fingerprint density at radius 3 is 2.59 bits per heavy atom. The van der Waals surface area contributed by atoms with Gasteiger partial charge in [0.2, 0.25) is 11.9 Å². The Morgan fingerprint density at radius 1 is 1.21 bits per heavy atom. The number of carbonyl (C=O) groups excluding carboxylic acids is 2. The van der Waals surface area contributed by atoms with Gasteiger partial charge in [0.1, 0.15) is 17.0 Å². The lowest BCUT2D eigenvalue weighted by atomic mass is 10.1. The lowest BCUT2D eigenvalue weighted by Gasteiger charge is -2.16. The van der Waals surface area contributed by atoms with Crippen molar-refractivity contribution in [3.05, 3.63) is 71.0 Å². The van der Waals surface area contributed by atoms with Gasteiger partial charge >= 0.3 is 0 Å². The zero-order valence-corrected chi connectivity index (χ0v) is 19.1. The van der Waals surface area contributed by atoms with E-state index in [1.165, 1.54) is 19.2 Å². The van der Waals surface area contributed by atoms with Gasteiger partial charge < -0.3 is 20.1 Å². The number of aliphatic hydroxyl groups excluding tert-OH is 1. The van der Waals surface area contributed by atoms with E-state index in [9.17, 15) is 14.7 Å². The van der Waals surface area contributed by atoms with E-state index in [4.69, 9.17) is 10.5 Å². The second-order valence-electron chi connectivity index (χ2n) is 7.82. The van der Waals surface area contributed by atoms with Crippen LogP contribution in [0.2, 0.25) is 0 Å². The molecule has 0 fully saturated rings. The number of hydrogen-bond acceptors (Lipinski definition) is 6. The van der Waals surface area contributed by atoms with Gasteiger partial charge in [0.25, 0.3) is 5.91 Å².